The highest BCUT2D eigenvalue weighted by molar-refractivity contribution is 5.54. The fraction of sp³-hybridized carbons (Fsp3) is 0.276. The number of aromatic nitrogens is 1. The van der Waals surface area contributed by atoms with Crippen LogP contribution >= 0.6 is 0 Å². The molecule has 1 heterocycles. The fourth-order valence-electron chi connectivity index (χ4n) is 4.48. The molecule has 0 spiro atoms. The number of ether oxygens (including phenoxy) is 1. The fourth-order valence-corrected chi connectivity index (χ4v) is 4.48. The average Bonchev–Trinajstić information content (AvgIpc) is 3.47. The maximum atomic E-state index is 6.10. The second-order valence-electron chi connectivity index (χ2n) is 8.48. The summed E-state index contributed by atoms with van der Waals surface area (Å²) in [6.45, 7) is 2.71. The highest BCUT2D eigenvalue weighted by Crippen LogP contribution is 2.27. The van der Waals surface area contributed by atoms with Gasteiger partial charge in [-0.2, -0.15) is 0 Å². The number of aryl methyl sites for hydroxylation is 3. The third-order valence-corrected chi connectivity index (χ3v) is 6.23. The van der Waals surface area contributed by atoms with Crippen LogP contribution in [0.3, 0.4) is 0 Å². The van der Waals surface area contributed by atoms with E-state index in [9.17, 15) is 0 Å². The Bertz CT molecular complexity index is 1180. The van der Waals surface area contributed by atoms with Gasteiger partial charge in [0.2, 0.25) is 5.89 Å². The van der Waals surface area contributed by atoms with Gasteiger partial charge in [-0.25, -0.2) is 4.98 Å². The van der Waals surface area contributed by atoms with E-state index >= 15 is 0 Å². The van der Waals surface area contributed by atoms with Gasteiger partial charge in [0, 0.05) is 18.4 Å². The van der Waals surface area contributed by atoms with Crippen molar-refractivity contribution in [2.75, 3.05) is 6.61 Å². The summed E-state index contributed by atoms with van der Waals surface area (Å²) in [7, 11) is 0. The van der Waals surface area contributed by atoms with Crippen molar-refractivity contribution in [3.63, 3.8) is 0 Å². The zero-order valence-electron chi connectivity index (χ0n) is 18.6. The number of nitrogens with zero attached hydrogens (tertiary/aromatic N) is 1. The molecular weight excluding hydrogens is 394 g/mol. The van der Waals surface area contributed by atoms with Crippen LogP contribution in [0.1, 0.15) is 47.1 Å². The van der Waals surface area contributed by atoms with E-state index in [1.54, 1.807) is 0 Å². The standard InChI is InChI=1S/C29H29NO2/c1-2-28-27(17-18-31-26-16-15-23-9-6-10-25(23)20-26)30-29(32-28)24-13-11-22(12-14-24)19-21-7-4-3-5-8-21/h3-5,7-8,11-16,20H,2,6,9-10,17-19H2,1H3. The van der Waals surface area contributed by atoms with Crippen LogP contribution in [0.4, 0.5) is 0 Å². The van der Waals surface area contributed by atoms with Crippen molar-refractivity contribution < 1.29 is 9.15 Å². The Morgan fingerprint density at radius 2 is 1.66 bits per heavy atom. The Morgan fingerprint density at radius 1 is 0.875 bits per heavy atom. The molecule has 162 valence electrons. The predicted molar refractivity (Wildman–Crippen MR) is 128 cm³/mol. The van der Waals surface area contributed by atoms with Gasteiger partial charge in [0.15, 0.2) is 0 Å². The van der Waals surface area contributed by atoms with Crippen LogP contribution in [-0.4, -0.2) is 11.6 Å². The van der Waals surface area contributed by atoms with Gasteiger partial charge in [-0.05, 0) is 72.2 Å². The summed E-state index contributed by atoms with van der Waals surface area (Å²) in [5, 5.41) is 0. The van der Waals surface area contributed by atoms with E-state index in [1.807, 2.05) is 0 Å². The van der Waals surface area contributed by atoms with Crippen molar-refractivity contribution >= 4 is 0 Å². The minimum absolute atomic E-state index is 0.605. The first-order valence-corrected chi connectivity index (χ1v) is 11.6. The molecular formula is C29H29NO2. The van der Waals surface area contributed by atoms with Gasteiger partial charge in [0.1, 0.15) is 11.5 Å². The molecule has 3 aromatic carbocycles. The van der Waals surface area contributed by atoms with E-state index in [0.29, 0.717) is 12.5 Å². The first-order chi connectivity index (χ1) is 15.8. The maximum absolute atomic E-state index is 6.10. The molecule has 0 bridgehead atoms. The molecule has 0 unspecified atom stereocenters. The van der Waals surface area contributed by atoms with Crippen LogP contribution in [-0.2, 0) is 32.1 Å². The topological polar surface area (TPSA) is 35.3 Å². The number of oxazole rings is 1. The van der Waals surface area contributed by atoms with Crippen LogP contribution in [0.5, 0.6) is 5.75 Å². The lowest BCUT2D eigenvalue weighted by atomic mass is 10.0. The van der Waals surface area contributed by atoms with Crippen LogP contribution in [0.2, 0.25) is 0 Å². The summed E-state index contributed by atoms with van der Waals surface area (Å²) in [5.41, 5.74) is 7.53. The second-order valence-corrected chi connectivity index (χ2v) is 8.48. The first kappa shape index (κ1) is 20.6. The SMILES string of the molecule is CCc1oc(-c2ccc(Cc3ccccc3)cc2)nc1CCOc1ccc2c(c1)CCC2. The molecule has 0 N–H and O–H groups in total. The summed E-state index contributed by atoms with van der Waals surface area (Å²) >= 11 is 0. The maximum Gasteiger partial charge on any atom is 0.226 e. The number of hydrogen-bond acceptors (Lipinski definition) is 3. The number of hydrogen-bond donors (Lipinski definition) is 0. The van der Waals surface area contributed by atoms with Crippen molar-refractivity contribution in [3.8, 4) is 17.2 Å². The molecule has 3 nitrogen and oxygen atoms in total. The summed E-state index contributed by atoms with van der Waals surface area (Å²) in [6, 6.07) is 25.6. The smallest absolute Gasteiger partial charge is 0.226 e. The largest absolute Gasteiger partial charge is 0.493 e. The first-order valence-electron chi connectivity index (χ1n) is 11.6. The van der Waals surface area contributed by atoms with Crippen molar-refractivity contribution in [1.29, 1.82) is 0 Å². The lowest BCUT2D eigenvalue weighted by Gasteiger charge is -2.07. The number of rotatable bonds is 8. The summed E-state index contributed by atoms with van der Waals surface area (Å²) in [5.74, 6) is 2.60. The molecule has 32 heavy (non-hydrogen) atoms. The Morgan fingerprint density at radius 3 is 2.47 bits per heavy atom. The molecule has 3 heteroatoms. The molecule has 0 aliphatic heterocycles. The molecule has 5 rings (SSSR count). The molecule has 1 aromatic heterocycles. The third kappa shape index (κ3) is 4.62. The molecule has 0 saturated carbocycles. The third-order valence-electron chi connectivity index (χ3n) is 6.23. The van der Waals surface area contributed by atoms with Crippen molar-refractivity contribution in [2.24, 2.45) is 0 Å². The van der Waals surface area contributed by atoms with Crippen molar-refractivity contribution in [2.45, 2.75) is 45.4 Å². The van der Waals surface area contributed by atoms with E-state index < -0.39 is 0 Å². The van der Waals surface area contributed by atoms with Gasteiger partial charge >= 0.3 is 0 Å². The minimum atomic E-state index is 0.605. The number of benzene rings is 3. The van der Waals surface area contributed by atoms with Gasteiger partial charge in [-0.15, -0.1) is 0 Å². The second kappa shape index (κ2) is 9.44. The molecule has 0 fully saturated rings. The lowest BCUT2D eigenvalue weighted by molar-refractivity contribution is 0.319. The van der Waals surface area contributed by atoms with Gasteiger partial charge in [0.25, 0.3) is 0 Å². The lowest BCUT2D eigenvalue weighted by Crippen LogP contribution is -2.04. The van der Waals surface area contributed by atoms with E-state index in [1.165, 1.54) is 41.5 Å². The monoisotopic (exact) mass is 423 g/mol. The molecule has 1 aliphatic carbocycles. The quantitative estimate of drug-likeness (QED) is 0.320. The number of fused-ring (bicyclic) bond motifs is 1. The van der Waals surface area contributed by atoms with Crippen molar-refractivity contribution in [3.05, 3.63) is 107 Å². The van der Waals surface area contributed by atoms with E-state index in [4.69, 9.17) is 14.1 Å². The summed E-state index contributed by atoms with van der Waals surface area (Å²) in [6.07, 6.45) is 6.13. The highest BCUT2D eigenvalue weighted by atomic mass is 16.5. The van der Waals surface area contributed by atoms with E-state index in [-0.39, 0.29) is 0 Å². The van der Waals surface area contributed by atoms with Gasteiger partial charge in [0.05, 0.1) is 12.3 Å². The van der Waals surface area contributed by atoms with Crippen LogP contribution in [0.25, 0.3) is 11.5 Å². The zero-order chi connectivity index (χ0) is 21.8. The molecule has 0 atom stereocenters. The zero-order valence-corrected chi connectivity index (χ0v) is 18.6. The highest BCUT2D eigenvalue weighted by Gasteiger charge is 2.15. The Kier molecular flexibility index (Phi) is 6.06. The Hall–Kier alpha value is -3.33. The van der Waals surface area contributed by atoms with Gasteiger partial charge in [-0.1, -0.05) is 55.5 Å². The summed E-state index contributed by atoms with van der Waals surface area (Å²) < 4.78 is 12.1. The van der Waals surface area contributed by atoms with E-state index in [0.717, 1.165) is 42.0 Å². The van der Waals surface area contributed by atoms with Gasteiger partial charge < -0.3 is 9.15 Å². The molecule has 0 amide bonds. The summed E-state index contributed by atoms with van der Waals surface area (Å²) in [4.78, 5) is 4.81. The molecule has 0 radical (unpaired) electrons. The molecule has 0 saturated heterocycles. The normalized spacial score (nSPS) is 12.7. The Balaban J connectivity index is 1.23. The predicted octanol–water partition coefficient (Wildman–Crippen LogP) is 6.61. The average molecular weight is 424 g/mol. The molecule has 4 aromatic rings. The van der Waals surface area contributed by atoms with Crippen molar-refractivity contribution in [1.82, 2.24) is 4.98 Å². The van der Waals surface area contributed by atoms with Crippen LogP contribution < -0.4 is 4.74 Å². The van der Waals surface area contributed by atoms with Gasteiger partial charge in [-0.3, -0.25) is 0 Å². The Labute approximate surface area is 190 Å². The van der Waals surface area contributed by atoms with Crippen LogP contribution in [0.15, 0.2) is 77.2 Å². The minimum Gasteiger partial charge on any atom is -0.493 e. The molecule has 1 aliphatic rings. The van der Waals surface area contributed by atoms with E-state index in [2.05, 4.69) is 79.7 Å². The van der Waals surface area contributed by atoms with Crippen LogP contribution in [0, 0.1) is 0 Å².